The van der Waals surface area contributed by atoms with Crippen molar-refractivity contribution >= 4 is 7.82 Å². The second-order valence-corrected chi connectivity index (χ2v) is 4.09. The molecule has 2 atom stereocenters. The molecule has 0 heterocycles. The lowest BCUT2D eigenvalue weighted by molar-refractivity contribution is 0.0745. The van der Waals surface area contributed by atoms with E-state index in [9.17, 15) is 9.67 Å². The molecule has 6 heteroatoms. The third-order valence-corrected chi connectivity index (χ3v) is 2.06. The van der Waals surface area contributed by atoms with E-state index in [0.717, 1.165) is 0 Å². The fourth-order valence-electron chi connectivity index (χ4n) is 0.729. The molecule has 0 aromatic rings. The van der Waals surface area contributed by atoms with Crippen LogP contribution in [0.3, 0.4) is 0 Å². The fraction of sp³-hybridized carbons (Fsp3) is 0.714. The molecule has 0 saturated carbocycles. The minimum atomic E-state index is -4.42. The number of aliphatic hydroxyl groups is 1. The molecule has 0 fully saturated rings. The Hall–Kier alpha value is -0.190. The maximum absolute atomic E-state index is 10.3. The molecule has 0 unspecified atom stereocenters. The molecule has 0 bridgehead atoms. The van der Waals surface area contributed by atoms with Crippen molar-refractivity contribution in [3.63, 3.8) is 0 Å². The summed E-state index contributed by atoms with van der Waals surface area (Å²) in [5.74, 6) is -0.328. The van der Waals surface area contributed by atoms with Crippen molar-refractivity contribution < 1.29 is 24.0 Å². The molecule has 0 saturated heterocycles. The topological polar surface area (TPSA) is 87.0 Å². The van der Waals surface area contributed by atoms with E-state index in [0.29, 0.717) is 6.42 Å². The van der Waals surface area contributed by atoms with Crippen LogP contribution in [0.25, 0.3) is 0 Å². The van der Waals surface area contributed by atoms with Gasteiger partial charge in [0, 0.05) is 5.92 Å². The summed E-state index contributed by atoms with van der Waals surface area (Å²) >= 11 is 0. The zero-order valence-corrected chi connectivity index (χ0v) is 8.35. The lowest BCUT2D eigenvalue weighted by Gasteiger charge is -2.17. The van der Waals surface area contributed by atoms with Crippen LogP contribution in [0.1, 0.15) is 13.3 Å². The Balaban J connectivity index is 3.80. The number of hydrogen-bond donors (Lipinski definition) is 3. The molecule has 0 spiro atoms. The maximum atomic E-state index is 10.3. The zero-order valence-electron chi connectivity index (χ0n) is 7.46. The lowest BCUT2D eigenvalue weighted by Crippen LogP contribution is -2.21. The third kappa shape index (κ3) is 6.93. The number of hydrogen-bond acceptors (Lipinski definition) is 3. The minimum Gasteiger partial charge on any atom is -0.392 e. The predicted molar refractivity (Wildman–Crippen MR) is 48.0 cm³/mol. The Kier molecular flexibility index (Phi) is 5.44. The van der Waals surface area contributed by atoms with Crippen molar-refractivity contribution in [2.24, 2.45) is 5.92 Å². The van der Waals surface area contributed by atoms with Crippen molar-refractivity contribution in [3.8, 4) is 0 Å². The van der Waals surface area contributed by atoms with E-state index in [4.69, 9.17) is 9.79 Å². The molecule has 0 aromatic carbocycles. The SMILES string of the molecule is C=CC[C@H](O)[C@H](C)COP(=O)(O)O. The van der Waals surface area contributed by atoms with Crippen LogP contribution < -0.4 is 0 Å². The lowest BCUT2D eigenvalue weighted by atomic mass is 10.0. The number of aliphatic hydroxyl groups excluding tert-OH is 1. The van der Waals surface area contributed by atoms with Crippen molar-refractivity contribution in [2.75, 3.05) is 6.61 Å². The van der Waals surface area contributed by atoms with Gasteiger partial charge in [-0.1, -0.05) is 13.0 Å². The van der Waals surface area contributed by atoms with Crippen LogP contribution in [0.2, 0.25) is 0 Å². The highest BCUT2D eigenvalue weighted by atomic mass is 31.2. The first-order valence-corrected chi connectivity index (χ1v) is 5.39. The molecule has 13 heavy (non-hydrogen) atoms. The van der Waals surface area contributed by atoms with Gasteiger partial charge in [0.15, 0.2) is 0 Å². The van der Waals surface area contributed by atoms with Crippen LogP contribution in [0.5, 0.6) is 0 Å². The summed E-state index contributed by atoms with van der Waals surface area (Å²) < 4.78 is 14.5. The molecular weight excluding hydrogens is 195 g/mol. The van der Waals surface area contributed by atoms with Gasteiger partial charge in [0.1, 0.15) is 0 Å². The smallest absolute Gasteiger partial charge is 0.392 e. The quantitative estimate of drug-likeness (QED) is 0.443. The molecule has 3 N–H and O–H groups in total. The van der Waals surface area contributed by atoms with Gasteiger partial charge in [-0.3, -0.25) is 4.52 Å². The van der Waals surface area contributed by atoms with E-state index in [1.165, 1.54) is 0 Å². The molecule has 5 nitrogen and oxygen atoms in total. The average molecular weight is 210 g/mol. The fourth-order valence-corrected chi connectivity index (χ4v) is 1.16. The van der Waals surface area contributed by atoms with E-state index in [2.05, 4.69) is 11.1 Å². The predicted octanol–water partition coefficient (Wildman–Crippen LogP) is 0.669. The van der Waals surface area contributed by atoms with Gasteiger partial charge < -0.3 is 14.9 Å². The normalized spacial score (nSPS) is 16.6. The van der Waals surface area contributed by atoms with Gasteiger partial charge in [-0.25, -0.2) is 4.57 Å². The van der Waals surface area contributed by atoms with Crippen LogP contribution in [0.15, 0.2) is 12.7 Å². The van der Waals surface area contributed by atoms with Crippen LogP contribution in [-0.2, 0) is 9.09 Å². The van der Waals surface area contributed by atoms with Crippen LogP contribution in [0, 0.1) is 5.92 Å². The van der Waals surface area contributed by atoms with Crippen molar-refractivity contribution in [3.05, 3.63) is 12.7 Å². The van der Waals surface area contributed by atoms with Gasteiger partial charge >= 0.3 is 7.82 Å². The summed E-state index contributed by atoms with van der Waals surface area (Å²) in [6, 6.07) is 0. The highest BCUT2D eigenvalue weighted by Crippen LogP contribution is 2.36. The number of phosphoric acid groups is 1. The second-order valence-electron chi connectivity index (χ2n) is 2.86. The highest BCUT2D eigenvalue weighted by molar-refractivity contribution is 7.46. The van der Waals surface area contributed by atoms with Gasteiger partial charge in [-0.2, -0.15) is 0 Å². The van der Waals surface area contributed by atoms with Crippen LogP contribution in [0.4, 0.5) is 0 Å². The molecule has 0 aliphatic heterocycles. The number of rotatable bonds is 6. The molecule has 0 aliphatic rings. The Morgan fingerprint density at radius 2 is 2.15 bits per heavy atom. The summed E-state index contributed by atoms with van der Waals surface area (Å²) in [6.45, 7) is 4.91. The van der Waals surface area contributed by atoms with E-state index in [-0.39, 0.29) is 12.5 Å². The van der Waals surface area contributed by atoms with Gasteiger partial charge in [-0.05, 0) is 6.42 Å². The van der Waals surface area contributed by atoms with Gasteiger partial charge in [0.2, 0.25) is 0 Å². The Morgan fingerprint density at radius 1 is 1.62 bits per heavy atom. The second kappa shape index (κ2) is 5.52. The summed E-state index contributed by atoms with van der Waals surface area (Å²) in [5, 5.41) is 9.31. The average Bonchev–Trinajstić information content (AvgIpc) is 1.99. The van der Waals surface area contributed by atoms with Crippen molar-refractivity contribution in [2.45, 2.75) is 19.4 Å². The third-order valence-electron chi connectivity index (χ3n) is 1.57. The Bertz CT molecular complexity index is 199. The minimum absolute atomic E-state index is 0.167. The molecule has 0 radical (unpaired) electrons. The summed E-state index contributed by atoms with van der Waals surface area (Å²) in [4.78, 5) is 16.7. The first-order valence-electron chi connectivity index (χ1n) is 3.86. The van der Waals surface area contributed by atoms with Crippen molar-refractivity contribution in [1.29, 1.82) is 0 Å². The first-order chi connectivity index (χ1) is 5.87. The molecule has 78 valence electrons. The van der Waals surface area contributed by atoms with E-state index in [1.54, 1.807) is 13.0 Å². The van der Waals surface area contributed by atoms with Gasteiger partial charge in [0.05, 0.1) is 12.7 Å². The van der Waals surface area contributed by atoms with Crippen molar-refractivity contribution in [1.82, 2.24) is 0 Å². The standard InChI is InChI=1S/C7H15O5P/c1-3-4-7(8)6(2)5-12-13(9,10)11/h3,6-8H,1,4-5H2,2H3,(H2,9,10,11)/t6-,7+/m1/s1. The molecule has 0 amide bonds. The number of phosphoric ester groups is 1. The first kappa shape index (κ1) is 12.8. The van der Waals surface area contributed by atoms with E-state index in [1.807, 2.05) is 0 Å². The summed E-state index contributed by atoms with van der Waals surface area (Å²) in [5.41, 5.74) is 0. The summed E-state index contributed by atoms with van der Waals surface area (Å²) in [7, 11) is -4.42. The van der Waals surface area contributed by atoms with Gasteiger partial charge in [0.25, 0.3) is 0 Å². The Labute approximate surface area is 77.3 Å². The van der Waals surface area contributed by atoms with Crippen LogP contribution >= 0.6 is 7.82 Å². The largest absolute Gasteiger partial charge is 0.469 e. The highest BCUT2D eigenvalue weighted by Gasteiger charge is 2.19. The molecule has 0 aliphatic carbocycles. The molecule has 0 aromatic heterocycles. The van der Waals surface area contributed by atoms with Gasteiger partial charge in [-0.15, -0.1) is 6.58 Å². The van der Waals surface area contributed by atoms with E-state index < -0.39 is 13.9 Å². The Morgan fingerprint density at radius 3 is 2.54 bits per heavy atom. The zero-order chi connectivity index (χ0) is 10.5. The maximum Gasteiger partial charge on any atom is 0.469 e. The monoisotopic (exact) mass is 210 g/mol. The van der Waals surface area contributed by atoms with E-state index >= 15 is 0 Å². The summed E-state index contributed by atoms with van der Waals surface area (Å²) in [6.07, 6.45) is 1.24. The molecular formula is C7H15O5P. The molecule has 0 rings (SSSR count). The van der Waals surface area contributed by atoms with Crippen LogP contribution in [-0.4, -0.2) is 27.6 Å².